The van der Waals surface area contributed by atoms with Gasteiger partial charge < -0.3 is 11.1 Å². The Morgan fingerprint density at radius 2 is 1.89 bits per heavy atom. The van der Waals surface area contributed by atoms with Crippen molar-refractivity contribution in [2.75, 3.05) is 11.1 Å². The Kier molecular flexibility index (Phi) is 4.54. The molecule has 3 nitrogen and oxygen atoms in total. The first-order valence-corrected chi connectivity index (χ1v) is 7.12. The van der Waals surface area contributed by atoms with E-state index in [4.69, 9.17) is 28.9 Å². The summed E-state index contributed by atoms with van der Waals surface area (Å²) >= 11 is 13.9. The number of hydrogen-bond donors (Lipinski definition) is 2. The average molecular weight is 407 g/mol. The van der Waals surface area contributed by atoms with E-state index in [1.54, 1.807) is 36.4 Å². The maximum absolute atomic E-state index is 12.1. The molecule has 6 heteroatoms. The Morgan fingerprint density at radius 1 is 1.16 bits per heavy atom. The molecule has 2 aromatic rings. The van der Waals surface area contributed by atoms with Gasteiger partial charge in [-0.1, -0.05) is 23.2 Å². The molecule has 2 aromatic carbocycles. The highest BCUT2D eigenvalue weighted by Gasteiger charge is 2.10. The molecule has 0 aromatic heterocycles. The van der Waals surface area contributed by atoms with Crippen molar-refractivity contribution in [2.45, 2.75) is 0 Å². The maximum atomic E-state index is 12.1. The van der Waals surface area contributed by atoms with Gasteiger partial charge in [0.15, 0.2) is 0 Å². The lowest BCUT2D eigenvalue weighted by Gasteiger charge is -2.09. The number of rotatable bonds is 2. The van der Waals surface area contributed by atoms with Crippen molar-refractivity contribution in [1.82, 2.24) is 0 Å². The smallest absolute Gasteiger partial charge is 0.255 e. The third kappa shape index (κ3) is 3.52. The fourth-order valence-electron chi connectivity index (χ4n) is 1.48. The number of carbonyl (C=O) groups excluding carboxylic acids is 1. The molecule has 0 fully saturated rings. The average Bonchev–Trinajstić information content (AvgIpc) is 2.36. The van der Waals surface area contributed by atoms with Crippen molar-refractivity contribution in [3.63, 3.8) is 0 Å². The number of carbonyl (C=O) groups is 1. The molecule has 0 aliphatic heterocycles. The summed E-state index contributed by atoms with van der Waals surface area (Å²) in [5, 5.41) is 3.78. The van der Waals surface area contributed by atoms with Crippen LogP contribution < -0.4 is 11.1 Å². The highest BCUT2D eigenvalue weighted by molar-refractivity contribution is 14.1. The summed E-state index contributed by atoms with van der Waals surface area (Å²) < 4.78 is 0.891. The van der Waals surface area contributed by atoms with Crippen LogP contribution in [0.15, 0.2) is 36.4 Å². The van der Waals surface area contributed by atoms with Crippen LogP contribution >= 0.6 is 45.8 Å². The highest BCUT2D eigenvalue weighted by Crippen LogP contribution is 2.24. The summed E-state index contributed by atoms with van der Waals surface area (Å²) in [5.74, 6) is -0.271. The van der Waals surface area contributed by atoms with Crippen LogP contribution in [0.5, 0.6) is 0 Å². The number of benzene rings is 2. The molecule has 0 aliphatic rings. The van der Waals surface area contributed by atoms with E-state index >= 15 is 0 Å². The zero-order chi connectivity index (χ0) is 14.0. The van der Waals surface area contributed by atoms with Gasteiger partial charge in [-0.15, -0.1) is 0 Å². The van der Waals surface area contributed by atoms with E-state index in [0.717, 1.165) is 3.57 Å². The largest absolute Gasteiger partial charge is 0.397 e. The molecule has 0 atom stereocenters. The van der Waals surface area contributed by atoms with Crippen LogP contribution in [0, 0.1) is 3.57 Å². The van der Waals surface area contributed by atoms with Crippen molar-refractivity contribution >= 4 is 63.1 Å². The molecule has 0 saturated carbocycles. The van der Waals surface area contributed by atoms with E-state index in [2.05, 4.69) is 27.9 Å². The second kappa shape index (κ2) is 5.98. The van der Waals surface area contributed by atoms with Crippen LogP contribution in [-0.2, 0) is 0 Å². The Balaban J connectivity index is 2.23. The van der Waals surface area contributed by atoms with Gasteiger partial charge in [-0.25, -0.2) is 0 Å². The minimum Gasteiger partial charge on any atom is -0.397 e. The molecule has 3 N–H and O–H groups in total. The van der Waals surface area contributed by atoms with Crippen LogP contribution in [0.3, 0.4) is 0 Å². The molecule has 0 saturated heterocycles. The topological polar surface area (TPSA) is 55.1 Å². The summed E-state index contributed by atoms with van der Waals surface area (Å²) in [6.07, 6.45) is 0. The number of hydrogen-bond acceptors (Lipinski definition) is 2. The summed E-state index contributed by atoms with van der Waals surface area (Å²) in [6, 6.07) is 10.00. The van der Waals surface area contributed by atoms with E-state index in [1.807, 2.05) is 0 Å². The number of nitrogens with two attached hydrogens (primary N) is 1. The first-order valence-electron chi connectivity index (χ1n) is 5.29. The lowest BCUT2D eigenvalue weighted by Crippen LogP contribution is -2.13. The molecule has 0 spiro atoms. The lowest BCUT2D eigenvalue weighted by molar-refractivity contribution is 0.102. The van der Waals surface area contributed by atoms with Gasteiger partial charge >= 0.3 is 0 Å². The van der Waals surface area contributed by atoms with Crippen molar-refractivity contribution in [1.29, 1.82) is 0 Å². The lowest BCUT2D eigenvalue weighted by atomic mass is 10.2. The van der Waals surface area contributed by atoms with Crippen LogP contribution in [0.4, 0.5) is 11.4 Å². The van der Waals surface area contributed by atoms with E-state index in [-0.39, 0.29) is 5.91 Å². The van der Waals surface area contributed by atoms with Gasteiger partial charge in [0, 0.05) is 14.2 Å². The van der Waals surface area contributed by atoms with Gasteiger partial charge in [-0.3, -0.25) is 4.79 Å². The fraction of sp³-hybridized carbons (Fsp3) is 0. The third-order valence-corrected chi connectivity index (χ3v) is 4.25. The second-order valence-electron chi connectivity index (χ2n) is 3.81. The number of amides is 1. The van der Waals surface area contributed by atoms with Crippen molar-refractivity contribution in [2.24, 2.45) is 0 Å². The normalized spacial score (nSPS) is 10.3. The maximum Gasteiger partial charge on any atom is 0.255 e. The molecule has 0 aliphatic carbocycles. The Morgan fingerprint density at radius 3 is 2.53 bits per heavy atom. The molecule has 1 amide bonds. The minimum absolute atomic E-state index is 0.271. The van der Waals surface area contributed by atoms with Crippen LogP contribution in [0.2, 0.25) is 10.0 Å². The molecule has 2 rings (SSSR count). The number of halogens is 3. The predicted octanol–water partition coefficient (Wildman–Crippen LogP) is 4.43. The fourth-order valence-corrected chi connectivity index (χ4v) is 2.18. The van der Waals surface area contributed by atoms with Gasteiger partial charge in [-0.2, -0.15) is 0 Å². The van der Waals surface area contributed by atoms with Crippen LogP contribution in [0.1, 0.15) is 10.4 Å². The van der Waals surface area contributed by atoms with Crippen molar-refractivity contribution in [3.8, 4) is 0 Å². The first kappa shape index (κ1) is 14.4. The number of anilines is 2. The van der Waals surface area contributed by atoms with E-state index in [9.17, 15) is 4.79 Å². The molecule has 0 radical (unpaired) electrons. The molecule has 98 valence electrons. The molecule has 0 heterocycles. The molecular weight excluding hydrogens is 398 g/mol. The number of nitrogens with one attached hydrogen (secondary N) is 1. The number of nitrogen functional groups attached to an aromatic ring is 1. The Bertz CT molecular complexity index is 647. The molecule has 0 bridgehead atoms. The van der Waals surface area contributed by atoms with E-state index < -0.39 is 0 Å². The minimum atomic E-state index is -0.271. The quantitative estimate of drug-likeness (QED) is 0.572. The molecule has 19 heavy (non-hydrogen) atoms. The summed E-state index contributed by atoms with van der Waals surface area (Å²) in [7, 11) is 0. The van der Waals surface area contributed by atoms with E-state index in [0.29, 0.717) is 27.0 Å². The summed E-state index contributed by atoms with van der Waals surface area (Å²) in [5.41, 5.74) is 7.18. The van der Waals surface area contributed by atoms with E-state index in [1.165, 1.54) is 0 Å². The predicted molar refractivity (Wildman–Crippen MR) is 88.0 cm³/mol. The Labute approximate surface area is 134 Å². The summed E-state index contributed by atoms with van der Waals surface area (Å²) in [4.78, 5) is 12.1. The van der Waals surface area contributed by atoms with Crippen LogP contribution in [-0.4, -0.2) is 5.91 Å². The zero-order valence-electron chi connectivity index (χ0n) is 9.58. The van der Waals surface area contributed by atoms with Gasteiger partial charge in [-0.05, 0) is 59.0 Å². The highest BCUT2D eigenvalue weighted by atomic mass is 127. The molecule has 0 unspecified atom stereocenters. The van der Waals surface area contributed by atoms with Gasteiger partial charge in [0.2, 0.25) is 0 Å². The monoisotopic (exact) mass is 406 g/mol. The van der Waals surface area contributed by atoms with Crippen molar-refractivity contribution < 1.29 is 4.79 Å². The second-order valence-corrected chi connectivity index (χ2v) is 5.82. The third-order valence-electron chi connectivity index (χ3n) is 2.44. The van der Waals surface area contributed by atoms with Crippen LogP contribution in [0.25, 0.3) is 0 Å². The summed E-state index contributed by atoms with van der Waals surface area (Å²) in [6.45, 7) is 0. The zero-order valence-corrected chi connectivity index (χ0v) is 13.3. The van der Waals surface area contributed by atoms with Gasteiger partial charge in [0.1, 0.15) is 0 Å². The SMILES string of the molecule is Nc1cc(Cl)ccc1NC(=O)c1ccc(I)c(Cl)c1. The van der Waals surface area contributed by atoms with Crippen molar-refractivity contribution in [3.05, 3.63) is 55.6 Å². The first-order chi connectivity index (χ1) is 8.97. The standard InChI is InChI=1S/C13H9Cl2IN2O/c14-8-2-4-12(11(17)6-8)18-13(19)7-1-3-10(16)9(15)5-7/h1-6H,17H2,(H,18,19). The Hall–Kier alpha value is -0.980. The molecular formula is C13H9Cl2IN2O. The van der Waals surface area contributed by atoms with Gasteiger partial charge in [0.25, 0.3) is 5.91 Å². The van der Waals surface area contributed by atoms with Gasteiger partial charge in [0.05, 0.1) is 16.4 Å².